The average Bonchev–Trinajstić information content (AvgIpc) is 2.14. The minimum absolute atomic E-state index is 0.191. The lowest BCUT2D eigenvalue weighted by molar-refractivity contribution is -0.324. The van der Waals surface area contributed by atoms with E-state index in [1.807, 2.05) is 0 Å². The Morgan fingerprint density at radius 1 is 1.20 bits per heavy atom. The molecule has 0 saturated heterocycles. The molecular weight excluding hydrogens is 213 g/mol. The van der Waals surface area contributed by atoms with E-state index in [9.17, 15) is 18.0 Å². The van der Waals surface area contributed by atoms with Gasteiger partial charge in [-0.3, -0.25) is 4.74 Å². The van der Waals surface area contributed by atoms with E-state index in [2.05, 4.69) is 16.1 Å². The van der Waals surface area contributed by atoms with Crippen molar-refractivity contribution in [2.75, 3.05) is 13.2 Å². The molecule has 88 valence electrons. The fourth-order valence-corrected chi connectivity index (χ4v) is 0.800. The molecule has 6 heteroatoms. The molecule has 0 amide bonds. The number of esters is 1. The molecule has 0 rings (SSSR count). The van der Waals surface area contributed by atoms with Crippen molar-refractivity contribution >= 4 is 5.97 Å². The largest absolute Gasteiger partial charge is 0.522 e. The van der Waals surface area contributed by atoms with Crippen molar-refractivity contribution in [2.24, 2.45) is 0 Å². The SMILES string of the molecule is C=CC(=O)OCCCCCOC(F)(F)F. The Balaban J connectivity index is 3.19. The van der Waals surface area contributed by atoms with Crippen LogP contribution >= 0.6 is 0 Å². The summed E-state index contributed by atoms with van der Waals surface area (Å²) < 4.78 is 42.6. The van der Waals surface area contributed by atoms with Crippen LogP contribution in [0.4, 0.5) is 13.2 Å². The Hall–Kier alpha value is -1.04. The summed E-state index contributed by atoms with van der Waals surface area (Å²) in [7, 11) is 0. The van der Waals surface area contributed by atoms with E-state index in [0.717, 1.165) is 6.08 Å². The highest BCUT2D eigenvalue weighted by Gasteiger charge is 2.28. The Morgan fingerprint density at radius 2 is 1.80 bits per heavy atom. The molecule has 0 aliphatic heterocycles. The fourth-order valence-electron chi connectivity index (χ4n) is 0.800. The van der Waals surface area contributed by atoms with Gasteiger partial charge in [-0.15, -0.1) is 13.2 Å². The lowest BCUT2D eigenvalue weighted by Gasteiger charge is -2.06. The van der Waals surface area contributed by atoms with Gasteiger partial charge in [0.05, 0.1) is 13.2 Å². The summed E-state index contributed by atoms with van der Waals surface area (Å²) in [5, 5.41) is 0. The van der Waals surface area contributed by atoms with Crippen molar-refractivity contribution < 1.29 is 27.4 Å². The van der Waals surface area contributed by atoms with E-state index in [0.29, 0.717) is 12.8 Å². The molecule has 0 unspecified atom stereocenters. The number of halogens is 3. The maximum absolute atomic E-state index is 11.5. The summed E-state index contributed by atoms with van der Waals surface area (Å²) >= 11 is 0. The number of unbranched alkanes of at least 4 members (excludes halogenated alkanes) is 2. The summed E-state index contributed by atoms with van der Waals surface area (Å²) in [4.78, 5) is 10.5. The third-order valence-electron chi connectivity index (χ3n) is 1.47. The van der Waals surface area contributed by atoms with Gasteiger partial charge >= 0.3 is 12.3 Å². The second-order valence-corrected chi connectivity index (χ2v) is 2.73. The van der Waals surface area contributed by atoms with Gasteiger partial charge in [-0.1, -0.05) is 6.58 Å². The van der Waals surface area contributed by atoms with Crippen LogP contribution in [0.5, 0.6) is 0 Å². The number of ether oxygens (including phenoxy) is 2. The molecular formula is C9H13F3O3. The first-order chi connectivity index (χ1) is 6.95. The number of hydrogen-bond donors (Lipinski definition) is 0. The van der Waals surface area contributed by atoms with Gasteiger partial charge in [0, 0.05) is 6.08 Å². The Bertz CT molecular complexity index is 201. The van der Waals surface area contributed by atoms with Gasteiger partial charge in [-0.2, -0.15) is 0 Å². The predicted octanol–water partition coefficient (Wildman–Crippen LogP) is 2.42. The van der Waals surface area contributed by atoms with E-state index in [4.69, 9.17) is 0 Å². The maximum Gasteiger partial charge on any atom is 0.522 e. The quantitative estimate of drug-likeness (QED) is 0.380. The van der Waals surface area contributed by atoms with Crippen molar-refractivity contribution in [2.45, 2.75) is 25.6 Å². The predicted molar refractivity (Wildman–Crippen MR) is 47.0 cm³/mol. The normalized spacial score (nSPS) is 11.1. The van der Waals surface area contributed by atoms with Crippen LogP contribution in [0.1, 0.15) is 19.3 Å². The van der Waals surface area contributed by atoms with Crippen molar-refractivity contribution in [1.29, 1.82) is 0 Å². The van der Waals surface area contributed by atoms with Crippen LogP contribution in [-0.2, 0) is 14.3 Å². The molecule has 0 heterocycles. The molecule has 0 aliphatic rings. The molecule has 0 aromatic rings. The van der Waals surface area contributed by atoms with Gasteiger partial charge in [-0.05, 0) is 19.3 Å². The molecule has 3 nitrogen and oxygen atoms in total. The average molecular weight is 226 g/mol. The van der Waals surface area contributed by atoms with Gasteiger partial charge in [0.1, 0.15) is 0 Å². The zero-order valence-corrected chi connectivity index (χ0v) is 8.18. The summed E-state index contributed by atoms with van der Waals surface area (Å²) in [5.41, 5.74) is 0. The van der Waals surface area contributed by atoms with Crippen LogP contribution in [0.3, 0.4) is 0 Å². The lowest BCUT2D eigenvalue weighted by atomic mass is 10.2. The highest BCUT2D eigenvalue weighted by molar-refractivity contribution is 5.81. The van der Waals surface area contributed by atoms with Crippen LogP contribution in [-0.4, -0.2) is 25.5 Å². The maximum atomic E-state index is 11.5. The number of rotatable bonds is 7. The molecule has 0 N–H and O–H groups in total. The van der Waals surface area contributed by atoms with Crippen LogP contribution in [0.2, 0.25) is 0 Å². The summed E-state index contributed by atoms with van der Waals surface area (Å²) in [6, 6.07) is 0. The molecule has 15 heavy (non-hydrogen) atoms. The van der Waals surface area contributed by atoms with Gasteiger partial charge in [0.2, 0.25) is 0 Å². The third kappa shape index (κ3) is 10.9. The number of alkyl halides is 3. The lowest BCUT2D eigenvalue weighted by Crippen LogP contribution is -2.14. The fraction of sp³-hybridized carbons (Fsp3) is 0.667. The van der Waals surface area contributed by atoms with E-state index in [1.165, 1.54) is 0 Å². The third-order valence-corrected chi connectivity index (χ3v) is 1.47. The van der Waals surface area contributed by atoms with Crippen LogP contribution in [0.25, 0.3) is 0 Å². The second-order valence-electron chi connectivity index (χ2n) is 2.73. The van der Waals surface area contributed by atoms with Crippen LogP contribution in [0.15, 0.2) is 12.7 Å². The molecule has 0 aliphatic carbocycles. The molecule has 0 spiro atoms. The van der Waals surface area contributed by atoms with E-state index < -0.39 is 12.3 Å². The van der Waals surface area contributed by atoms with Crippen LogP contribution in [0, 0.1) is 0 Å². The first-order valence-electron chi connectivity index (χ1n) is 4.45. The molecule has 0 fully saturated rings. The van der Waals surface area contributed by atoms with Crippen molar-refractivity contribution in [1.82, 2.24) is 0 Å². The smallest absolute Gasteiger partial charge is 0.463 e. The Labute approximate surface area is 85.9 Å². The topological polar surface area (TPSA) is 35.5 Å². The number of hydrogen-bond acceptors (Lipinski definition) is 3. The van der Waals surface area contributed by atoms with E-state index in [1.54, 1.807) is 0 Å². The highest BCUT2D eigenvalue weighted by Crippen LogP contribution is 2.16. The summed E-state index contributed by atoms with van der Waals surface area (Å²) in [6.45, 7) is 3.03. The molecule has 0 aromatic carbocycles. The summed E-state index contributed by atoms with van der Waals surface area (Å²) in [6.07, 6.45) is -2.21. The standard InChI is InChI=1S/C9H13F3O3/c1-2-8(13)14-6-4-3-5-7-15-9(10,11)12/h2H,1,3-7H2. The van der Waals surface area contributed by atoms with Gasteiger partial charge in [0.25, 0.3) is 0 Å². The monoisotopic (exact) mass is 226 g/mol. The zero-order valence-electron chi connectivity index (χ0n) is 8.18. The van der Waals surface area contributed by atoms with Crippen molar-refractivity contribution in [3.8, 4) is 0 Å². The van der Waals surface area contributed by atoms with Gasteiger partial charge in [0.15, 0.2) is 0 Å². The first-order valence-corrected chi connectivity index (χ1v) is 4.45. The Morgan fingerprint density at radius 3 is 2.33 bits per heavy atom. The molecule has 0 radical (unpaired) electrons. The minimum atomic E-state index is -4.56. The number of carbonyl (C=O) groups is 1. The number of carbonyl (C=O) groups excluding carboxylic acids is 1. The van der Waals surface area contributed by atoms with Gasteiger partial charge in [-0.25, -0.2) is 4.79 Å². The van der Waals surface area contributed by atoms with Crippen molar-refractivity contribution in [3.05, 3.63) is 12.7 Å². The summed E-state index contributed by atoms with van der Waals surface area (Å²) in [5.74, 6) is -0.526. The van der Waals surface area contributed by atoms with E-state index in [-0.39, 0.29) is 19.6 Å². The minimum Gasteiger partial charge on any atom is -0.463 e. The van der Waals surface area contributed by atoms with Crippen molar-refractivity contribution in [3.63, 3.8) is 0 Å². The van der Waals surface area contributed by atoms with Crippen LogP contribution < -0.4 is 0 Å². The zero-order chi connectivity index (χ0) is 11.7. The molecule has 0 aromatic heterocycles. The first kappa shape index (κ1) is 14.0. The van der Waals surface area contributed by atoms with E-state index >= 15 is 0 Å². The molecule has 0 bridgehead atoms. The van der Waals surface area contributed by atoms with Gasteiger partial charge < -0.3 is 4.74 Å². The Kier molecular flexibility index (Phi) is 6.77. The molecule has 0 atom stereocenters. The second kappa shape index (κ2) is 7.28. The molecule has 0 saturated carbocycles. The highest BCUT2D eigenvalue weighted by atomic mass is 19.4.